The van der Waals surface area contributed by atoms with Crippen molar-refractivity contribution in [3.05, 3.63) is 69.0 Å². The minimum absolute atomic E-state index is 0.0585. The second-order valence-electron chi connectivity index (χ2n) is 4.10. The van der Waals surface area contributed by atoms with E-state index in [-0.39, 0.29) is 13.1 Å². The topological polar surface area (TPSA) is 78.6 Å². The van der Waals surface area contributed by atoms with Crippen LogP contribution in [-0.2, 0) is 6.54 Å². The third-order valence-electron chi connectivity index (χ3n) is 2.50. The van der Waals surface area contributed by atoms with Crippen molar-refractivity contribution in [2.75, 3.05) is 6.54 Å². The first-order chi connectivity index (χ1) is 9.57. The van der Waals surface area contributed by atoms with Crippen LogP contribution in [0.1, 0.15) is 5.56 Å². The maximum absolute atomic E-state index is 11.5. The first-order valence-electron chi connectivity index (χ1n) is 5.91. The van der Waals surface area contributed by atoms with Gasteiger partial charge in [-0.25, -0.2) is 4.99 Å². The molecule has 0 saturated carbocycles. The summed E-state index contributed by atoms with van der Waals surface area (Å²) in [5.74, 6) is 0. The van der Waals surface area contributed by atoms with Crippen LogP contribution in [-0.4, -0.2) is 22.5 Å². The maximum atomic E-state index is 11.5. The van der Waals surface area contributed by atoms with E-state index in [1.165, 1.54) is 24.0 Å². The molecule has 1 aromatic carbocycles. The molecular formula is C13H13N3O3S. The first-order valence-corrected chi connectivity index (χ1v) is 6.79. The summed E-state index contributed by atoms with van der Waals surface area (Å²) >= 11 is 1.39. The lowest BCUT2D eigenvalue weighted by Gasteiger charge is -2.37. The van der Waals surface area contributed by atoms with Crippen LogP contribution in [0.4, 0.5) is 0 Å². The van der Waals surface area contributed by atoms with Crippen LogP contribution in [0.5, 0.6) is 0 Å². The number of rotatable bonds is 0. The summed E-state index contributed by atoms with van der Waals surface area (Å²) in [7, 11) is 0. The lowest BCUT2D eigenvalue weighted by molar-refractivity contribution is -0.665. The van der Waals surface area contributed by atoms with Crippen LogP contribution < -0.4 is 0 Å². The van der Waals surface area contributed by atoms with Crippen LogP contribution in [0.2, 0.25) is 0 Å². The largest absolute Gasteiger partial charge is 0.620 e. The van der Waals surface area contributed by atoms with E-state index < -0.39 is 4.81 Å². The molecule has 0 aliphatic carbocycles. The zero-order chi connectivity index (χ0) is 14.4. The Morgan fingerprint density at radius 3 is 2.95 bits per heavy atom. The molecule has 0 amide bonds. The van der Waals surface area contributed by atoms with Crippen LogP contribution in [0.15, 0.2) is 58.0 Å². The standard InChI is InChI=1S/C13H13N3O3S/c17-15-6-3-8-16(18,19)11-14-10-12-4-1-2-5-13(12)20-9-7-15/h1-5,7-9,11H,6,10H2/b8-3-,9-7+,14-11?. The van der Waals surface area contributed by atoms with E-state index in [0.717, 1.165) is 23.0 Å². The van der Waals surface area contributed by atoms with Crippen molar-refractivity contribution in [2.24, 2.45) is 4.99 Å². The highest BCUT2D eigenvalue weighted by Crippen LogP contribution is 2.24. The Morgan fingerprint density at radius 2 is 2.10 bits per heavy atom. The van der Waals surface area contributed by atoms with Crippen molar-refractivity contribution in [3.8, 4) is 0 Å². The third-order valence-corrected chi connectivity index (χ3v) is 3.41. The number of fused-ring (bicyclic) bond motifs is 1. The summed E-state index contributed by atoms with van der Waals surface area (Å²) in [6, 6.07) is 7.48. The molecule has 104 valence electrons. The summed E-state index contributed by atoms with van der Waals surface area (Å²) < 4.78 is 0.640. The fraction of sp³-hybridized carbons (Fsp3) is 0.154. The second-order valence-corrected chi connectivity index (χ2v) is 5.04. The molecule has 2 rings (SSSR count). The second kappa shape index (κ2) is 6.58. The van der Waals surface area contributed by atoms with Crippen LogP contribution in [0, 0.1) is 15.3 Å². The van der Waals surface area contributed by atoms with Gasteiger partial charge in [0.2, 0.25) is 12.7 Å². The highest BCUT2D eigenvalue weighted by atomic mass is 32.2. The number of hydrogen-bond acceptors (Lipinski definition) is 5. The molecule has 0 N–H and O–H groups in total. The molecule has 0 unspecified atom stereocenters. The van der Waals surface area contributed by atoms with Crippen LogP contribution >= 0.6 is 11.8 Å². The Balaban J connectivity index is 2.30. The first kappa shape index (κ1) is 14.6. The third kappa shape index (κ3) is 4.39. The van der Waals surface area contributed by atoms with Gasteiger partial charge in [-0.05, 0) is 11.6 Å². The van der Waals surface area contributed by atoms with Gasteiger partial charge in [0.05, 0.1) is 6.54 Å². The molecule has 7 heteroatoms. The van der Waals surface area contributed by atoms with Crippen molar-refractivity contribution in [2.45, 2.75) is 11.4 Å². The Hall–Kier alpha value is -1.80. The Bertz CT molecular complexity index is 582. The normalized spacial score (nSPS) is 22.0. The highest BCUT2D eigenvalue weighted by Gasteiger charge is 2.05. The van der Waals surface area contributed by atoms with E-state index in [0.29, 0.717) is 4.76 Å². The quantitative estimate of drug-likeness (QED) is 0.418. The number of nitrogens with zero attached hydrogens (tertiary/aromatic N) is 3. The average molecular weight is 291 g/mol. The van der Waals surface area contributed by atoms with E-state index in [2.05, 4.69) is 4.99 Å². The minimum atomic E-state index is -1.98. The predicted molar refractivity (Wildman–Crippen MR) is 78.3 cm³/mol. The number of aliphatic imine (C=N–C) groups is 1. The number of quaternary nitrogens is 1. The van der Waals surface area contributed by atoms with E-state index in [1.54, 1.807) is 5.41 Å². The molecule has 0 bridgehead atoms. The van der Waals surface area contributed by atoms with Crippen molar-refractivity contribution in [3.63, 3.8) is 0 Å². The lowest BCUT2D eigenvalue weighted by atomic mass is 10.2. The molecular weight excluding hydrogens is 278 g/mol. The fourth-order valence-corrected chi connectivity index (χ4v) is 2.36. The molecule has 0 aromatic heterocycles. The molecule has 0 spiro atoms. The number of hydroxylamine groups is 4. The van der Waals surface area contributed by atoms with Gasteiger partial charge in [0.25, 0.3) is 0 Å². The van der Waals surface area contributed by atoms with Crippen molar-refractivity contribution >= 4 is 18.1 Å². The van der Waals surface area contributed by atoms with Gasteiger partial charge in [0.1, 0.15) is 6.20 Å². The molecule has 1 aromatic rings. The molecule has 0 saturated heterocycles. The van der Waals surface area contributed by atoms with Gasteiger partial charge >= 0.3 is 0 Å². The zero-order valence-corrected chi connectivity index (χ0v) is 11.4. The summed E-state index contributed by atoms with van der Waals surface area (Å²) in [6.07, 6.45) is 4.21. The van der Waals surface area contributed by atoms with Crippen LogP contribution in [0.25, 0.3) is 0 Å². The fourth-order valence-electron chi connectivity index (χ4n) is 1.57. The van der Waals surface area contributed by atoms with Gasteiger partial charge in [-0.2, -0.15) is 0 Å². The van der Waals surface area contributed by atoms with Crippen LogP contribution in [0.3, 0.4) is 0 Å². The summed E-state index contributed by atoms with van der Waals surface area (Å²) in [6.45, 7) is 0.188. The summed E-state index contributed by atoms with van der Waals surface area (Å²) in [5, 5.41) is 24.6. The molecule has 20 heavy (non-hydrogen) atoms. The summed E-state index contributed by atoms with van der Waals surface area (Å²) in [5.41, 5.74) is 0.888. The van der Waals surface area contributed by atoms with Gasteiger partial charge in [-0.15, -0.1) is 0 Å². The van der Waals surface area contributed by atoms with Gasteiger partial charge in [0, 0.05) is 26.0 Å². The van der Waals surface area contributed by atoms with Crippen molar-refractivity contribution in [1.82, 2.24) is 0 Å². The Morgan fingerprint density at radius 1 is 1.30 bits per heavy atom. The SMILES string of the molecule is O=[N+]1/C=C/Sc2ccccc2CN=C[N+]([O-])([O-])/C=C\C1. The minimum Gasteiger partial charge on any atom is -0.620 e. The molecule has 0 radical (unpaired) electrons. The average Bonchev–Trinajstić information content (AvgIpc) is 2.40. The van der Waals surface area contributed by atoms with E-state index in [4.69, 9.17) is 0 Å². The van der Waals surface area contributed by atoms with Gasteiger partial charge in [-0.3, -0.25) is 0 Å². The predicted octanol–water partition coefficient (Wildman–Crippen LogP) is 2.90. The van der Waals surface area contributed by atoms with Crippen molar-refractivity contribution < 1.29 is 9.57 Å². The number of thioether (sulfide) groups is 1. The lowest BCUT2D eigenvalue weighted by Crippen LogP contribution is -2.26. The molecule has 1 aliphatic heterocycles. The zero-order valence-electron chi connectivity index (χ0n) is 10.6. The Labute approximate surface area is 120 Å². The van der Waals surface area contributed by atoms with E-state index >= 15 is 0 Å². The van der Waals surface area contributed by atoms with Gasteiger partial charge in [0.15, 0.2) is 6.34 Å². The van der Waals surface area contributed by atoms with Gasteiger partial charge in [-0.1, -0.05) is 30.0 Å². The highest BCUT2D eigenvalue weighted by molar-refractivity contribution is 8.02. The maximum Gasteiger partial charge on any atom is 0.227 e. The van der Waals surface area contributed by atoms with E-state index in [9.17, 15) is 15.3 Å². The van der Waals surface area contributed by atoms with E-state index in [1.807, 2.05) is 24.3 Å². The smallest absolute Gasteiger partial charge is 0.227 e. The molecule has 1 heterocycles. The molecule has 6 nitrogen and oxygen atoms in total. The van der Waals surface area contributed by atoms with Crippen molar-refractivity contribution in [1.29, 1.82) is 0 Å². The number of hydrogen-bond donors (Lipinski definition) is 0. The van der Waals surface area contributed by atoms with Gasteiger partial charge < -0.3 is 15.2 Å². The molecule has 0 fully saturated rings. The molecule has 0 atom stereocenters. The number of benzene rings is 1. The summed E-state index contributed by atoms with van der Waals surface area (Å²) in [4.78, 5) is 14.3. The number of nitroso groups, excluding NO2 is 1. The molecule has 1 aliphatic rings. The monoisotopic (exact) mass is 291 g/mol. The Kier molecular flexibility index (Phi) is 4.80.